The zero-order valence-corrected chi connectivity index (χ0v) is 22.9. The maximum atomic E-state index is 11.8. The van der Waals surface area contributed by atoms with Gasteiger partial charge >= 0.3 is 5.97 Å². The Labute approximate surface area is 205 Å². The third-order valence-corrected chi connectivity index (χ3v) is 11.1. The van der Waals surface area contributed by atoms with Crippen LogP contribution in [-0.2, 0) is 9.53 Å². The Kier molecular flexibility index (Phi) is 7.55. The van der Waals surface area contributed by atoms with E-state index in [1.807, 2.05) is 0 Å². The molecular formula is C29H47BrO2. The van der Waals surface area contributed by atoms with Crippen LogP contribution >= 0.6 is 15.9 Å². The summed E-state index contributed by atoms with van der Waals surface area (Å²) in [4.78, 5) is 11.8. The van der Waals surface area contributed by atoms with Crippen LogP contribution in [0.1, 0.15) is 105 Å². The Hall–Kier alpha value is -0.310. The third kappa shape index (κ3) is 4.50. The molecule has 32 heavy (non-hydrogen) atoms. The van der Waals surface area contributed by atoms with Gasteiger partial charge in [0.2, 0.25) is 0 Å². The number of carbonyl (C=O) groups excluding carboxylic acids is 1. The van der Waals surface area contributed by atoms with Crippen LogP contribution in [0.25, 0.3) is 0 Å². The average Bonchev–Trinajstić information content (AvgIpc) is 3.11. The predicted octanol–water partition coefficient (Wildman–Crippen LogP) is 8.33. The van der Waals surface area contributed by atoms with Crippen LogP contribution in [0.5, 0.6) is 0 Å². The molecule has 0 heterocycles. The van der Waals surface area contributed by atoms with Gasteiger partial charge in [0.15, 0.2) is 0 Å². The minimum atomic E-state index is -0.110. The molecule has 0 spiro atoms. The topological polar surface area (TPSA) is 26.3 Å². The van der Waals surface area contributed by atoms with E-state index in [1.54, 1.807) is 5.57 Å². The number of alkyl halides is 1. The van der Waals surface area contributed by atoms with Crippen molar-refractivity contribution in [3.63, 3.8) is 0 Å². The number of ether oxygens (including phenoxy) is 1. The van der Waals surface area contributed by atoms with Crippen molar-refractivity contribution in [2.45, 2.75) is 111 Å². The van der Waals surface area contributed by atoms with Gasteiger partial charge in [-0.25, -0.2) is 0 Å². The molecule has 3 fully saturated rings. The fourth-order valence-electron chi connectivity index (χ4n) is 8.97. The number of halogens is 1. The summed E-state index contributed by atoms with van der Waals surface area (Å²) in [6.07, 6.45) is 17.1. The molecule has 0 radical (unpaired) electrons. The summed E-state index contributed by atoms with van der Waals surface area (Å²) in [5.74, 6) is 5.16. The highest BCUT2D eigenvalue weighted by molar-refractivity contribution is 9.09. The molecule has 4 aliphatic carbocycles. The SMILES string of the molecule is CC(C)CCCC(C)[C@H]1CC[C@H]2[C@@H]3CC=C4C[C@@H](OC(=O)CBr)CC[C@]4(C)[C@H]3CC[C@]12C. The van der Waals surface area contributed by atoms with Gasteiger partial charge in [-0.05, 0) is 91.3 Å². The van der Waals surface area contributed by atoms with Gasteiger partial charge in [0.1, 0.15) is 11.4 Å². The lowest BCUT2D eigenvalue weighted by atomic mass is 9.47. The van der Waals surface area contributed by atoms with Crippen LogP contribution in [-0.4, -0.2) is 17.4 Å². The summed E-state index contributed by atoms with van der Waals surface area (Å²) in [5.41, 5.74) is 2.50. The number of esters is 1. The highest BCUT2D eigenvalue weighted by Gasteiger charge is 2.59. The van der Waals surface area contributed by atoms with Gasteiger partial charge in [0.05, 0.1) is 0 Å². The lowest BCUT2D eigenvalue weighted by Crippen LogP contribution is -2.51. The van der Waals surface area contributed by atoms with Crippen molar-refractivity contribution in [1.29, 1.82) is 0 Å². The van der Waals surface area contributed by atoms with Crippen molar-refractivity contribution in [1.82, 2.24) is 0 Å². The molecule has 0 saturated heterocycles. The average molecular weight is 508 g/mol. The van der Waals surface area contributed by atoms with Crippen molar-refractivity contribution >= 4 is 21.9 Å². The predicted molar refractivity (Wildman–Crippen MR) is 137 cm³/mol. The molecule has 1 unspecified atom stereocenters. The van der Waals surface area contributed by atoms with E-state index in [9.17, 15) is 4.79 Å². The molecule has 0 amide bonds. The molecule has 0 N–H and O–H groups in total. The highest BCUT2D eigenvalue weighted by Crippen LogP contribution is 2.67. The lowest BCUT2D eigenvalue weighted by molar-refractivity contribution is -0.148. The standard InChI is InChI=1S/C29H47BrO2/c1-19(2)7-6-8-20(3)24-11-12-25-23-10-9-21-17-22(32-27(31)18-30)13-15-28(21,4)26(23)14-16-29(24,25)5/h9,19-20,22-26H,6-8,10-18H2,1-5H3/t20?,22-,23-,24+,25-,26-,28-,29+/m0/s1. The smallest absolute Gasteiger partial charge is 0.316 e. The highest BCUT2D eigenvalue weighted by atomic mass is 79.9. The van der Waals surface area contributed by atoms with E-state index < -0.39 is 0 Å². The van der Waals surface area contributed by atoms with Crippen LogP contribution in [0.2, 0.25) is 0 Å². The zero-order valence-electron chi connectivity index (χ0n) is 21.3. The summed E-state index contributed by atoms with van der Waals surface area (Å²) in [5, 5.41) is 0.307. The van der Waals surface area contributed by atoms with E-state index in [-0.39, 0.29) is 12.1 Å². The van der Waals surface area contributed by atoms with E-state index in [2.05, 4.69) is 56.6 Å². The van der Waals surface area contributed by atoms with Gasteiger partial charge in [-0.2, -0.15) is 0 Å². The maximum Gasteiger partial charge on any atom is 0.316 e. The van der Waals surface area contributed by atoms with Crippen molar-refractivity contribution in [2.75, 3.05) is 5.33 Å². The Balaban J connectivity index is 1.45. The molecule has 2 nitrogen and oxygen atoms in total. The third-order valence-electron chi connectivity index (χ3n) is 10.7. The van der Waals surface area contributed by atoms with Gasteiger partial charge in [-0.1, -0.05) is 81.5 Å². The fraction of sp³-hybridized carbons (Fsp3) is 0.897. The van der Waals surface area contributed by atoms with Gasteiger partial charge in [0, 0.05) is 6.42 Å². The first kappa shape index (κ1) is 24.8. The lowest BCUT2D eigenvalue weighted by Gasteiger charge is -2.58. The molecule has 0 bridgehead atoms. The molecule has 3 heteroatoms. The normalized spacial score (nSPS) is 42.0. The number of rotatable bonds is 7. The van der Waals surface area contributed by atoms with E-state index in [0.717, 1.165) is 48.3 Å². The molecule has 0 aromatic carbocycles. The van der Waals surface area contributed by atoms with E-state index in [4.69, 9.17) is 4.74 Å². The van der Waals surface area contributed by atoms with E-state index in [1.165, 1.54) is 57.8 Å². The number of fused-ring (bicyclic) bond motifs is 5. The molecule has 4 rings (SSSR count). The van der Waals surface area contributed by atoms with Crippen LogP contribution in [0.15, 0.2) is 11.6 Å². The van der Waals surface area contributed by atoms with Gasteiger partial charge in [-0.15, -0.1) is 0 Å². The number of allylic oxidation sites excluding steroid dienone is 1. The number of hydrogen-bond donors (Lipinski definition) is 0. The summed E-state index contributed by atoms with van der Waals surface area (Å²) < 4.78 is 5.72. The molecule has 0 aromatic rings. The largest absolute Gasteiger partial charge is 0.461 e. The van der Waals surface area contributed by atoms with Crippen LogP contribution < -0.4 is 0 Å². The maximum absolute atomic E-state index is 11.8. The molecule has 8 atom stereocenters. The Morgan fingerprint density at radius 1 is 1.09 bits per heavy atom. The van der Waals surface area contributed by atoms with Crippen LogP contribution in [0, 0.1) is 46.3 Å². The monoisotopic (exact) mass is 506 g/mol. The van der Waals surface area contributed by atoms with E-state index >= 15 is 0 Å². The Morgan fingerprint density at radius 3 is 2.59 bits per heavy atom. The molecule has 182 valence electrons. The minimum absolute atomic E-state index is 0.0901. The van der Waals surface area contributed by atoms with Gasteiger partial charge in [-0.3, -0.25) is 4.79 Å². The zero-order chi connectivity index (χ0) is 23.1. The van der Waals surface area contributed by atoms with Crippen LogP contribution in [0.3, 0.4) is 0 Å². The van der Waals surface area contributed by atoms with Gasteiger partial charge in [0.25, 0.3) is 0 Å². The molecule has 3 saturated carbocycles. The summed E-state index contributed by atoms with van der Waals surface area (Å²) in [6.45, 7) is 12.5. The first-order chi connectivity index (χ1) is 15.2. The second-order valence-electron chi connectivity index (χ2n) is 12.8. The quantitative estimate of drug-likeness (QED) is 0.197. The minimum Gasteiger partial charge on any atom is -0.461 e. The fourth-order valence-corrected chi connectivity index (χ4v) is 9.10. The van der Waals surface area contributed by atoms with Crippen molar-refractivity contribution < 1.29 is 9.53 Å². The first-order valence-corrected chi connectivity index (χ1v) is 14.8. The Bertz CT molecular complexity index is 714. The summed E-state index contributed by atoms with van der Waals surface area (Å²) in [6, 6.07) is 0. The number of carbonyl (C=O) groups is 1. The second kappa shape index (κ2) is 9.74. The van der Waals surface area contributed by atoms with Crippen molar-refractivity contribution in [2.24, 2.45) is 46.3 Å². The van der Waals surface area contributed by atoms with Crippen LogP contribution in [0.4, 0.5) is 0 Å². The summed E-state index contributed by atoms with van der Waals surface area (Å²) >= 11 is 3.24. The summed E-state index contributed by atoms with van der Waals surface area (Å²) in [7, 11) is 0. The molecule has 4 aliphatic rings. The Morgan fingerprint density at radius 2 is 1.88 bits per heavy atom. The van der Waals surface area contributed by atoms with Crippen molar-refractivity contribution in [3.05, 3.63) is 11.6 Å². The van der Waals surface area contributed by atoms with Crippen molar-refractivity contribution in [3.8, 4) is 0 Å². The molecule has 0 aromatic heterocycles. The molecular weight excluding hydrogens is 460 g/mol. The molecule has 0 aliphatic heterocycles. The number of hydrogen-bond acceptors (Lipinski definition) is 2. The van der Waals surface area contributed by atoms with E-state index in [0.29, 0.717) is 16.2 Å². The first-order valence-electron chi connectivity index (χ1n) is 13.6. The van der Waals surface area contributed by atoms with Gasteiger partial charge < -0.3 is 4.74 Å². The second-order valence-corrected chi connectivity index (χ2v) is 13.3.